The molecule has 0 fully saturated rings. The van der Waals surface area contributed by atoms with Gasteiger partial charge in [0.1, 0.15) is 0 Å². The van der Waals surface area contributed by atoms with Crippen LogP contribution in [0.2, 0.25) is 0 Å². The monoisotopic (exact) mass is 259 g/mol. The van der Waals surface area contributed by atoms with Crippen molar-refractivity contribution in [2.75, 3.05) is 19.0 Å². The van der Waals surface area contributed by atoms with Crippen LogP contribution in [0.5, 0.6) is 5.75 Å². The summed E-state index contributed by atoms with van der Waals surface area (Å²) in [5.74, 6) is 0.192. The normalized spacial score (nSPS) is 11.0. The molecule has 0 bridgehead atoms. The Bertz CT molecular complexity index is 647. The molecule has 0 spiro atoms. The van der Waals surface area contributed by atoms with Crippen molar-refractivity contribution in [3.8, 4) is 16.9 Å². The summed E-state index contributed by atoms with van der Waals surface area (Å²) in [6.07, 6.45) is -0.122. The van der Waals surface area contributed by atoms with Crippen LogP contribution in [0.25, 0.3) is 11.1 Å². The van der Waals surface area contributed by atoms with Crippen LogP contribution in [0, 0.1) is 0 Å². The fourth-order valence-electron chi connectivity index (χ4n) is 1.91. The Morgan fingerprint density at radius 3 is 2.05 bits per heavy atom. The van der Waals surface area contributed by atoms with Gasteiger partial charge in [0, 0.05) is 19.8 Å². The van der Waals surface area contributed by atoms with Gasteiger partial charge in [-0.25, -0.2) is 0 Å². The average Bonchev–Trinajstić information content (AvgIpc) is 2.37. The smallest absolute Gasteiger partial charge is 0.268 e. The van der Waals surface area contributed by atoms with E-state index in [0.29, 0.717) is 5.56 Å². The minimum atomic E-state index is -0.527. The maximum absolute atomic E-state index is 11.7. The van der Waals surface area contributed by atoms with Gasteiger partial charge in [-0.05, 0) is 31.5 Å². The minimum Gasteiger partial charge on any atom is -0.486 e. The van der Waals surface area contributed by atoms with Gasteiger partial charge in [0.05, 0.1) is 11.7 Å². The van der Waals surface area contributed by atoms with Gasteiger partial charge in [-0.15, -0.1) is 0 Å². The van der Waals surface area contributed by atoms with E-state index in [9.17, 15) is 9.59 Å². The summed E-state index contributed by atoms with van der Waals surface area (Å²) in [5.41, 5.74) is 1.16. The topological polar surface area (TPSA) is 46.6 Å². The van der Waals surface area contributed by atoms with Gasteiger partial charge in [0.25, 0.3) is 5.43 Å². The van der Waals surface area contributed by atoms with E-state index in [4.69, 9.17) is 4.74 Å². The van der Waals surface area contributed by atoms with Crippen molar-refractivity contribution in [3.63, 3.8) is 0 Å². The van der Waals surface area contributed by atoms with E-state index >= 15 is 0 Å². The molecule has 0 aliphatic rings. The SMILES string of the molecule is CC(C)Oc1c(-c2ccc(N(C)C)cc2)c(=O)c1=O. The van der Waals surface area contributed by atoms with Crippen molar-refractivity contribution in [2.24, 2.45) is 0 Å². The molecular weight excluding hydrogens is 242 g/mol. The summed E-state index contributed by atoms with van der Waals surface area (Å²) < 4.78 is 5.41. The Labute approximate surface area is 111 Å². The zero-order valence-electron chi connectivity index (χ0n) is 11.6. The van der Waals surface area contributed by atoms with Crippen LogP contribution in [0.1, 0.15) is 13.8 Å². The fourth-order valence-corrected chi connectivity index (χ4v) is 1.91. The third kappa shape index (κ3) is 2.38. The number of benzene rings is 1. The highest BCUT2D eigenvalue weighted by atomic mass is 16.5. The molecule has 0 aliphatic heterocycles. The first-order chi connectivity index (χ1) is 8.91. The lowest BCUT2D eigenvalue weighted by molar-refractivity contribution is 0.238. The molecule has 4 heteroatoms. The van der Waals surface area contributed by atoms with Gasteiger partial charge in [-0.3, -0.25) is 9.59 Å². The van der Waals surface area contributed by atoms with E-state index in [0.717, 1.165) is 11.3 Å². The van der Waals surface area contributed by atoms with Gasteiger partial charge < -0.3 is 9.64 Å². The van der Waals surface area contributed by atoms with E-state index in [1.807, 2.05) is 57.1 Å². The van der Waals surface area contributed by atoms with Crippen molar-refractivity contribution < 1.29 is 4.74 Å². The summed E-state index contributed by atoms with van der Waals surface area (Å²) in [6.45, 7) is 3.66. The van der Waals surface area contributed by atoms with Crippen LogP contribution < -0.4 is 20.5 Å². The molecule has 4 nitrogen and oxygen atoms in total. The number of ether oxygens (including phenoxy) is 1. The van der Waals surface area contributed by atoms with E-state index in [-0.39, 0.29) is 11.9 Å². The molecule has 2 rings (SSSR count). The molecule has 0 aromatic heterocycles. The Balaban J connectivity index is 2.40. The van der Waals surface area contributed by atoms with Crippen LogP contribution in [0.15, 0.2) is 33.9 Å². The van der Waals surface area contributed by atoms with Crippen LogP contribution in [-0.4, -0.2) is 20.2 Å². The van der Waals surface area contributed by atoms with Crippen molar-refractivity contribution >= 4 is 5.69 Å². The molecule has 2 aromatic rings. The van der Waals surface area contributed by atoms with Gasteiger partial charge in [-0.1, -0.05) is 12.1 Å². The Hall–Kier alpha value is -2.10. The molecule has 0 radical (unpaired) electrons. The molecule has 19 heavy (non-hydrogen) atoms. The molecule has 100 valence electrons. The molecule has 0 atom stereocenters. The van der Waals surface area contributed by atoms with E-state index in [1.54, 1.807) is 0 Å². The summed E-state index contributed by atoms with van der Waals surface area (Å²) in [6, 6.07) is 7.48. The van der Waals surface area contributed by atoms with E-state index < -0.39 is 10.9 Å². The summed E-state index contributed by atoms with van der Waals surface area (Å²) in [4.78, 5) is 25.2. The molecule has 0 aliphatic carbocycles. The third-order valence-electron chi connectivity index (χ3n) is 2.89. The predicted octanol–water partition coefficient (Wildman–Crippen LogP) is 1.80. The fraction of sp³-hybridized carbons (Fsp3) is 0.333. The van der Waals surface area contributed by atoms with Crippen molar-refractivity contribution in [3.05, 3.63) is 44.7 Å². The molecule has 0 saturated carbocycles. The Morgan fingerprint density at radius 1 is 1.00 bits per heavy atom. The molecule has 0 N–H and O–H groups in total. The second kappa shape index (κ2) is 4.88. The van der Waals surface area contributed by atoms with Crippen molar-refractivity contribution in [1.82, 2.24) is 0 Å². The van der Waals surface area contributed by atoms with Crippen LogP contribution in [0.4, 0.5) is 5.69 Å². The van der Waals surface area contributed by atoms with Crippen LogP contribution in [0.3, 0.4) is 0 Å². The average molecular weight is 259 g/mol. The molecule has 0 unspecified atom stereocenters. The summed E-state index contributed by atoms with van der Waals surface area (Å²) in [5, 5.41) is 0. The largest absolute Gasteiger partial charge is 0.486 e. The zero-order valence-corrected chi connectivity index (χ0v) is 11.6. The second-order valence-corrected chi connectivity index (χ2v) is 4.97. The molecule has 0 heterocycles. The first kappa shape index (κ1) is 13.3. The van der Waals surface area contributed by atoms with Crippen molar-refractivity contribution in [1.29, 1.82) is 0 Å². The van der Waals surface area contributed by atoms with Crippen LogP contribution in [-0.2, 0) is 0 Å². The Morgan fingerprint density at radius 2 is 1.58 bits per heavy atom. The summed E-state index contributed by atoms with van der Waals surface area (Å²) in [7, 11) is 3.89. The molecule has 0 saturated heterocycles. The van der Waals surface area contributed by atoms with Crippen molar-refractivity contribution in [2.45, 2.75) is 20.0 Å². The quantitative estimate of drug-likeness (QED) is 0.786. The zero-order chi connectivity index (χ0) is 14.2. The maximum Gasteiger partial charge on any atom is 0.268 e. The molecule has 0 amide bonds. The highest BCUT2D eigenvalue weighted by Crippen LogP contribution is 2.27. The first-order valence-corrected chi connectivity index (χ1v) is 6.19. The third-order valence-corrected chi connectivity index (χ3v) is 2.89. The first-order valence-electron chi connectivity index (χ1n) is 6.19. The van der Waals surface area contributed by atoms with Gasteiger partial charge in [0.2, 0.25) is 5.43 Å². The molecular formula is C15H17NO3. The highest BCUT2D eigenvalue weighted by molar-refractivity contribution is 5.75. The number of hydrogen-bond acceptors (Lipinski definition) is 4. The van der Waals surface area contributed by atoms with Gasteiger partial charge in [0.15, 0.2) is 5.75 Å². The summed E-state index contributed by atoms with van der Waals surface area (Å²) >= 11 is 0. The lowest BCUT2D eigenvalue weighted by atomic mass is 9.99. The lowest BCUT2D eigenvalue weighted by Gasteiger charge is -2.16. The van der Waals surface area contributed by atoms with Gasteiger partial charge in [-0.2, -0.15) is 0 Å². The van der Waals surface area contributed by atoms with Gasteiger partial charge >= 0.3 is 0 Å². The van der Waals surface area contributed by atoms with Crippen LogP contribution >= 0.6 is 0 Å². The van der Waals surface area contributed by atoms with E-state index in [1.165, 1.54) is 0 Å². The minimum absolute atomic E-state index is 0.122. The standard InChI is InChI=1S/C15H17NO3/c1-9(2)19-15-12(13(17)14(15)18)10-5-7-11(8-6-10)16(3)4/h5-9H,1-4H3. The lowest BCUT2D eigenvalue weighted by Crippen LogP contribution is -2.35. The molecule has 2 aromatic carbocycles. The number of nitrogens with zero attached hydrogens (tertiary/aromatic N) is 1. The number of rotatable bonds is 4. The second-order valence-electron chi connectivity index (χ2n) is 4.97. The highest BCUT2D eigenvalue weighted by Gasteiger charge is 2.24. The van der Waals surface area contributed by atoms with E-state index in [2.05, 4.69) is 0 Å². The maximum atomic E-state index is 11.7. The Kier molecular flexibility index (Phi) is 3.42. The number of anilines is 1. The number of hydrogen-bond donors (Lipinski definition) is 0. The predicted molar refractivity (Wildman–Crippen MR) is 76.9 cm³/mol.